The van der Waals surface area contributed by atoms with Crippen molar-refractivity contribution >= 4 is 0 Å². The molecule has 0 saturated carbocycles. The molecule has 0 aliphatic carbocycles. The van der Waals surface area contributed by atoms with Gasteiger partial charge >= 0.3 is 0 Å². The highest BCUT2D eigenvalue weighted by atomic mass is 16.5. The maximum Gasteiger partial charge on any atom is 0.138 e. The molecular weight excluding hydrogens is 240 g/mol. The maximum absolute atomic E-state index is 5.16. The van der Waals surface area contributed by atoms with Crippen LogP contribution in [0.4, 0.5) is 0 Å². The van der Waals surface area contributed by atoms with E-state index in [9.17, 15) is 0 Å². The molecule has 4 nitrogen and oxygen atoms in total. The molecule has 2 rings (SSSR count). The van der Waals surface area contributed by atoms with Crippen LogP contribution in [0.5, 0.6) is 5.75 Å². The zero-order chi connectivity index (χ0) is 13.8. The second-order valence-corrected chi connectivity index (χ2v) is 4.68. The first-order valence-electron chi connectivity index (χ1n) is 6.41. The average molecular weight is 260 g/mol. The average Bonchev–Trinajstić information content (AvgIpc) is 2.75. The van der Waals surface area contributed by atoms with Gasteiger partial charge in [-0.1, -0.05) is 17.3 Å². The number of nitrogens with zero attached hydrogens (tertiary/aromatic N) is 1. The van der Waals surface area contributed by atoms with E-state index in [1.165, 1.54) is 5.56 Å². The smallest absolute Gasteiger partial charge is 0.138 e. The molecule has 0 aliphatic heterocycles. The molecule has 0 aliphatic rings. The summed E-state index contributed by atoms with van der Waals surface area (Å²) < 4.78 is 10.3. The third-order valence-corrected chi connectivity index (χ3v) is 3.38. The standard InChI is InChI=1S/C15H20N2O2/c1-10(13-5-7-14(18-4)8-6-13)16-9-15-11(2)17-19-12(15)3/h5-8,10,16H,9H2,1-4H3/t10-/m0/s1. The Morgan fingerprint density at radius 1 is 1.26 bits per heavy atom. The first kappa shape index (κ1) is 13.6. The third-order valence-electron chi connectivity index (χ3n) is 3.38. The van der Waals surface area contributed by atoms with Crippen molar-refractivity contribution in [2.75, 3.05) is 7.11 Å². The van der Waals surface area contributed by atoms with Crippen LogP contribution in [-0.4, -0.2) is 12.3 Å². The third kappa shape index (κ3) is 3.15. The van der Waals surface area contributed by atoms with E-state index in [0.717, 1.165) is 29.3 Å². The monoisotopic (exact) mass is 260 g/mol. The number of rotatable bonds is 5. The highest BCUT2D eigenvalue weighted by molar-refractivity contribution is 5.29. The van der Waals surface area contributed by atoms with Crippen LogP contribution in [0.25, 0.3) is 0 Å². The van der Waals surface area contributed by atoms with Gasteiger partial charge in [0.2, 0.25) is 0 Å². The highest BCUT2D eigenvalue weighted by Gasteiger charge is 2.11. The Morgan fingerprint density at radius 3 is 2.47 bits per heavy atom. The van der Waals surface area contributed by atoms with Crippen molar-refractivity contribution < 1.29 is 9.26 Å². The van der Waals surface area contributed by atoms with Crippen LogP contribution in [-0.2, 0) is 6.54 Å². The van der Waals surface area contributed by atoms with Gasteiger partial charge in [-0.25, -0.2) is 0 Å². The van der Waals surface area contributed by atoms with Gasteiger partial charge < -0.3 is 14.6 Å². The molecule has 2 aromatic rings. The SMILES string of the molecule is COc1ccc([C@H](C)NCc2c(C)noc2C)cc1. The number of nitrogens with one attached hydrogen (secondary N) is 1. The van der Waals surface area contributed by atoms with E-state index >= 15 is 0 Å². The van der Waals surface area contributed by atoms with Crippen LogP contribution in [0.1, 0.15) is 35.5 Å². The highest BCUT2D eigenvalue weighted by Crippen LogP contribution is 2.19. The van der Waals surface area contributed by atoms with Gasteiger partial charge in [0.1, 0.15) is 11.5 Å². The fourth-order valence-corrected chi connectivity index (χ4v) is 2.02. The van der Waals surface area contributed by atoms with E-state index in [-0.39, 0.29) is 6.04 Å². The van der Waals surface area contributed by atoms with Crippen molar-refractivity contribution in [3.63, 3.8) is 0 Å². The molecule has 1 aromatic carbocycles. The molecule has 1 atom stereocenters. The predicted molar refractivity (Wildman–Crippen MR) is 74.2 cm³/mol. The number of benzene rings is 1. The second-order valence-electron chi connectivity index (χ2n) is 4.68. The van der Waals surface area contributed by atoms with Gasteiger partial charge in [-0.05, 0) is 38.5 Å². The van der Waals surface area contributed by atoms with Gasteiger partial charge in [0.15, 0.2) is 0 Å². The van der Waals surface area contributed by atoms with Crippen molar-refractivity contribution in [2.45, 2.75) is 33.4 Å². The molecule has 0 radical (unpaired) electrons. The minimum Gasteiger partial charge on any atom is -0.497 e. The van der Waals surface area contributed by atoms with Gasteiger partial charge in [-0.3, -0.25) is 0 Å². The van der Waals surface area contributed by atoms with Crippen LogP contribution in [0, 0.1) is 13.8 Å². The summed E-state index contributed by atoms with van der Waals surface area (Å²) in [5.74, 6) is 1.76. The van der Waals surface area contributed by atoms with Crippen molar-refractivity contribution in [3.8, 4) is 5.75 Å². The zero-order valence-electron chi connectivity index (χ0n) is 11.9. The molecule has 0 unspecified atom stereocenters. The maximum atomic E-state index is 5.16. The van der Waals surface area contributed by atoms with E-state index in [0.29, 0.717) is 0 Å². The number of ether oxygens (including phenoxy) is 1. The fourth-order valence-electron chi connectivity index (χ4n) is 2.02. The first-order valence-corrected chi connectivity index (χ1v) is 6.41. The lowest BCUT2D eigenvalue weighted by molar-refractivity contribution is 0.391. The molecule has 19 heavy (non-hydrogen) atoms. The lowest BCUT2D eigenvalue weighted by atomic mass is 10.1. The van der Waals surface area contributed by atoms with E-state index in [1.807, 2.05) is 26.0 Å². The Labute approximate surface area is 113 Å². The quantitative estimate of drug-likeness (QED) is 0.897. The Balaban J connectivity index is 1.99. The number of aryl methyl sites for hydroxylation is 2. The Morgan fingerprint density at radius 2 is 1.95 bits per heavy atom. The summed E-state index contributed by atoms with van der Waals surface area (Å²) in [7, 11) is 1.67. The summed E-state index contributed by atoms with van der Waals surface area (Å²) in [5.41, 5.74) is 3.32. The molecule has 0 amide bonds. The van der Waals surface area contributed by atoms with Crippen molar-refractivity contribution in [3.05, 3.63) is 46.8 Å². The van der Waals surface area contributed by atoms with Crippen molar-refractivity contribution in [2.24, 2.45) is 0 Å². The summed E-state index contributed by atoms with van der Waals surface area (Å²) in [6.45, 7) is 6.80. The van der Waals surface area contributed by atoms with Crippen LogP contribution in [0.2, 0.25) is 0 Å². The molecule has 0 bridgehead atoms. The second kappa shape index (κ2) is 5.89. The molecule has 1 heterocycles. The minimum atomic E-state index is 0.264. The summed E-state index contributed by atoms with van der Waals surface area (Å²) in [6.07, 6.45) is 0. The van der Waals surface area contributed by atoms with E-state index < -0.39 is 0 Å². The number of hydrogen-bond acceptors (Lipinski definition) is 4. The summed E-state index contributed by atoms with van der Waals surface area (Å²) in [5, 5.41) is 7.44. The van der Waals surface area contributed by atoms with E-state index in [2.05, 4.69) is 29.5 Å². The predicted octanol–water partition coefficient (Wildman–Crippen LogP) is 3.15. The number of hydrogen-bond donors (Lipinski definition) is 1. The number of aromatic nitrogens is 1. The van der Waals surface area contributed by atoms with Gasteiger partial charge in [0, 0.05) is 18.2 Å². The van der Waals surface area contributed by atoms with Crippen molar-refractivity contribution in [1.82, 2.24) is 10.5 Å². The van der Waals surface area contributed by atoms with Crippen LogP contribution >= 0.6 is 0 Å². The molecule has 102 valence electrons. The van der Waals surface area contributed by atoms with Gasteiger partial charge in [-0.15, -0.1) is 0 Å². The number of methoxy groups -OCH3 is 1. The van der Waals surface area contributed by atoms with E-state index in [4.69, 9.17) is 9.26 Å². The Kier molecular flexibility index (Phi) is 4.22. The first-order chi connectivity index (χ1) is 9.11. The zero-order valence-corrected chi connectivity index (χ0v) is 11.9. The molecule has 0 fully saturated rings. The summed E-state index contributed by atoms with van der Waals surface area (Å²) in [6, 6.07) is 8.36. The normalized spacial score (nSPS) is 12.4. The summed E-state index contributed by atoms with van der Waals surface area (Å²) >= 11 is 0. The minimum absolute atomic E-state index is 0.264. The molecule has 1 aromatic heterocycles. The molecule has 4 heteroatoms. The van der Waals surface area contributed by atoms with Gasteiger partial charge in [-0.2, -0.15) is 0 Å². The van der Waals surface area contributed by atoms with Crippen LogP contribution < -0.4 is 10.1 Å². The van der Waals surface area contributed by atoms with Gasteiger partial charge in [0.05, 0.1) is 12.8 Å². The molecule has 1 N–H and O–H groups in total. The fraction of sp³-hybridized carbons (Fsp3) is 0.400. The molecule has 0 spiro atoms. The lowest BCUT2D eigenvalue weighted by Gasteiger charge is -2.14. The largest absolute Gasteiger partial charge is 0.497 e. The lowest BCUT2D eigenvalue weighted by Crippen LogP contribution is -2.18. The topological polar surface area (TPSA) is 47.3 Å². The molecule has 0 saturated heterocycles. The molecular formula is C15H20N2O2. The van der Waals surface area contributed by atoms with Crippen molar-refractivity contribution in [1.29, 1.82) is 0 Å². The Hall–Kier alpha value is -1.81. The van der Waals surface area contributed by atoms with Crippen LogP contribution in [0.3, 0.4) is 0 Å². The Bertz CT molecular complexity index is 512. The van der Waals surface area contributed by atoms with Crippen LogP contribution in [0.15, 0.2) is 28.8 Å². The van der Waals surface area contributed by atoms with Gasteiger partial charge in [0.25, 0.3) is 0 Å². The van der Waals surface area contributed by atoms with E-state index in [1.54, 1.807) is 7.11 Å². The summed E-state index contributed by atoms with van der Waals surface area (Å²) in [4.78, 5) is 0.